The van der Waals surface area contributed by atoms with Crippen LogP contribution in [-0.4, -0.2) is 25.1 Å². The summed E-state index contributed by atoms with van der Waals surface area (Å²) in [5.74, 6) is 0.472. The van der Waals surface area contributed by atoms with Crippen LogP contribution in [0.5, 0.6) is 11.5 Å². The molecule has 0 saturated heterocycles. The highest BCUT2D eigenvalue weighted by molar-refractivity contribution is 5.92. The van der Waals surface area contributed by atoms with Crippen LogP contribution < -0.4 is 14.8 Å². The van der Waals surface area contributed by atoms with Crippen molar-refractivity contribution in [2.24, 2.45) is 0 Å². The molecule has 5 nitrogen and oxygen atoms in total. The Labute approximate surface area is 128 Å². The summed E-state index contributed by atoms with van der Waals surface area (Å²) in [4.78, 5) is 15.8. The molecule has 116 valence electrons. The van der Waals surface area contributed by atoms with Crippen molar-refractivity contribution >= 4 is 5.91 Å². The highest BCUT2D eigenvalue weighted by Crippen LogP contribution is 2.24. The number of hydrogen-bond donors (Lipinski definition) is 1. The number of aryl methyl sites for hydroxylation is 1. The summed E-state index contributed by atoms with van der Waals surface area (Å²) in [5, 5.41) is 2.73. The molecule has 0 aliphatic heterocycles. The quantitative estimate of drug-likeness (QED) is 0.922. The van der Waals surface area contributed by atoms with E-state index in [1.165, 1.54) is 6.07 Å². The largest absolute Gasteiger partial charge is 0.497 e. The smallest absolute Gasteiger partial charge is 0.270 e. The Morgan fingerprint density at radius 3 is 2.68 bits per heavy atom. The SMILES string of the molecule is COc1ccc(CNC(=O)c2cc(C)c(F)cn2)c(OC)c1. The van der Waals surface area contributed by atoms with Crippen molar-refractivity contribution < 1.29 is 18.7 Å². The van der Waals surface area contributed by atoms with Gasteiger partial charge in [-0.15, -0.1) is 0 Å². The summed E-state index contributed by atoms with van der Waals surface area (Å²) in [5.41, 5.74) is 1.35. The first-order chi connectivity index (χ1) is 10.5. The molecule has 1 N–H and O–H groups in total. The third-order valence-electron chi connectivity index (χ3n) is 3.21. The van der Waals surface area contributed by atoms with Gasteiger partial charge in [-0.25, -0.2) is 9.37 Å². The first-order valence-corrected chi connectivity index (χ1v) is 6.66. The lowest BCUT2D eigenvalue weighted by Crippen LogP contribution is -2.24. The van der Waals surface area contributed by atoms with Crippen LogP contribution in [0.15, 0.2) is 30.5 Å². The molecule has 0 unspecified atom stereocenters. The van der Waals surface area contributed by atoms with Gasteiger partial charge in [-0.3, -0.25) is 4.79 Å². The molecule has 1 amide bonds. The number of carbonyl (C=O) groups excluding carboxylic acids is 1. The van der Waals surface area contributed by atoms with E-state index >= 15 is 0 Å². The summed E-state index contributed by atoms with van der Waals surface area (Å²) in [6.45, 7) is 1.85. The molecule has 0 fully saturated rings. The van der Waals surface area contributed by atoms with E-state index in [4.69, 9.17) is 9.47 Å². The molecule has 1 aromatic heterocycles. The van der Waals surface area contributed by atoms with Gasteiger partial charge in [0.2, 0.25) is 0 Å². The molecule has 2 aromatic rings. The molecule has 2 rings (SSSR count). The molecular formula is C16H17FN2O3. The predicted molar refractivity (Wildman–Crippen MR) is 79.6 cm³/mol. The van der Waals surface area contributed by atoms with Crippen LogP contribution in [0.4, 0.5) is 4.39 Å². The average molecular weight is 304 g/mol. The fraction of sp³-hybridized carbons (Fsp3) is 0.250. The molecule has 0 bridgehead atoms. The molecule has 0 aliphatic carbocycles. The van der Waals surface area contributed by atoms with Crippen molar-refractivity contribution in [3.63, 3.8) is 0 Å². The number of nitrogens with zero attached hydrogens (tertiary/aromatic N) is 1. The van der Waals surface area contributed by atoms with Gasteiger partial charge >= 0.3 is 0 Å². The Hall–Kier alpha value is -2.63. The van der Waals surface area contributed by atoms with Crippen LogP contribution in [0.25, 0.3) is 0 Å². The predicted octanol–water partition coefficient (Wildman–Crippen LogP) is 2.48. The topological polar surface area (TPSA) is 60.5 Å². The van der Waals surface area contributed by atoms with Gasteiger partial charge in [0.05, 0.1) is 20.4 Å². The summed E-state index contributed by atoms with van der Waals surface area (Å²) < 4.78 is 23.5. The third-order valence-corrected chi connectivity index (χ3v) is 3.21. The van der Waals surface area contributed by atoms with Crippen molar-refractivity contribution in [2.75, 3.05) is 14.2 Å². The van der Waals surface area contributed by atoms with Crippen LogP contribution in [0.2, 0.25) is 0 Å². The van der Waals surface area contributed by atoms with E-state index in [1.807, 2.05) is 0 Å². The van der Waals surface area contributed by atoms with Gasteiger partial charge in [0.25, 0.3) is 5.91 Å². The summed E-state index contributed by atoms with van der Waals surface area (Å²) in [7, 11) is 3.11. The molecule has 0 radical (unpaired) electrons. The number of benzene rings is 1. The molecular weight excluding hydrogens is 287 g/mol. The van der Waals surface area contributed by atoms with Gasteiger partial charge in [0.15, 0.2) is 0 Å². The van der Waals surface area contributed by atoms with Gasteiger partial charge in [0, 0.05) is 18.2 Å². The van der Waals surface area contributed by atoms with E-state index in [2.05, 4.69) is 10.3 Å². The number of nitrogens with one attached hydrogen (secondary N) is 1. The molecule has 22 heavy (non-hydrogen) atoms. The van der Waals surface area contributed by atoms with Crippen LogP contribution in [0, 0.1) is 12.7 Å². The molecule has 0 atom stereocenters. The maximum absolute atomic E-state index is 13.2. The van der Waals surface area contributed by atoms with Crippen LogP contribution >= 0.6 is 0 Å². The second-order valence-electron chi connectivity index (χ2n) is 4.68. The third kappa shape index (κ3) is 3.52. The maximum atomic E-state index is 13.2. The van der Waals surface area contributed by atoms with E-state index in [1.54, 1.807) is 39.3 Å². The molecule has 0 aliphatic rings. The summed E-state index contributed by atoms with van der Waals surface area (Å²) >= 11 is 0. The standard InChI is InChI=1S/C16H17FN2O3/c1-10-6-14(18-9-13(10)17)16(20)19-8-11-4-5-12(21-2)7-15(11)22-3/h4-7,9H,8H2,1-3H3,(H,19,20). The van der Waals surface area contributed by atoms with Crippen molar-refractivity contribution in [3.05, 3.63) is 53.1 Å². The highest BCUT2D eigenvalue weighted by atomic mass is 19.1. The van der Waals surface area contributed by atoms with Gasteiger partial charge in [-0.1, -0.05) is 0 Å². The lowest BCUT2D eigenvalue weighted by Gasteiger charge is -2.11. The zero-order valence-corrected chi connectivity index (χ0v) is 12.6. The monoisotopic (exact) mass is 304 g/mol. The molecule has 1 heterocycles. The van der Waals surface area contributed by atoms with E-state index < -0.39 is 5.82 Å². The molecule has 1 aromatic carbocycles. The minimum absolute atomic E-state index is 0.173. The number of hydrogen-bond acceptors (Lipinski definition) is 4. The number of pyridine rings is 1. The minimum atomic E-state index is -0.437. The molecule has 0 spiro atoms. The first-order valence-electron chi connectivity index (χ1n) is 6.66. The second kappa shape index (κ2) is 6.89. The summed E-state index contributed by atoms with van der Waals surface area (Å²) in [6, 6.07) is 6.74. The zero-order chi connectivity index (χ0) is 16.1. The maximum Gasteiger partial charge on any atom is 0.270 e. The Bertz CT molecular complexity index is 689. The van der Waals surface area contributed by atoms with Crippen LogP contribution in [0.3, 0.4) is 0 Å². The highest BCUT2D eigenvalue weighted by Gasteiger charge is 2.11. The zero-order valence-electron chi connectivity index (χ0n) is 12.6. The van der Waals surface area contributed by atoms with Gasteiger partial charge in [0.1, 0.15) is 23.0 Å². The normalized spacial score (nSPS) is 10.2. The summed E-state index contributed by atoms with van der Waals surface area (Å²) in [6.07, 6.45) is 1.04. The number of carbonyl (C=O) groups is 1. The first kappa shape index (κ1) is 15.8. The number of ether oxygens (including phenoxy) is 2. The number of aromatic nitrogens is 1. The Balaban J connectivity index is 2.09. The van der Waals surface area contributed by atoms with E-state index in [-0.39, 0.29) is 18.1 Å². The fourth-order valence-corrected chi connectivity index (χ4v) is 1.93. The number of rotatable bonds is 5. The van der Waals surface area contributed by atoms with Gasteiger partial charge in [-0.05, 0) is 30.7 Å². The Morgan fingerprint density at radius 1 is 1.27 bits per heavy atom. The molecule has 6 heteroatoms. The fourth-order valence-electron chi connectivity index (χ4n) is 1.93. The van der Waals surface area contributed by atoms with Crippen molar-refractivity contribution in [1.29, 1.82) is 0 Å². The minimum Gasteiger partial charge on any atom is -0.497 e. The van der Waals surface area contributed by atoms with E-state index in [9.17, 15) is 9.18 Å². The lowest BCUT2D eigenvalue weighted by atomic mass is 10.2. The Kier molecular flexibility index (Phi) is 4.93. The molecule has 0 saturated carbocycles. The number of halogens is 1. The van der Waals surface area contributed by atoms with Crippen molar-refractivity contribution in [3.8, 4) is 11.5 Å². The Morgan fingerprint density at radius 2 is 2.05 bits per heavy atom. The average Bonchev–Trinajstić information content (AvgIpc) is 2.54. The number of methoxy groups -OCH3 is 2. The lowest BCUT2D eigenvalue weighted by molar-refractivity contribution is 0.0945. The number of amides is 1. The van der Waals surface area contributed by atoms with Crippen LogP contribution in [0.1, 0.15) is 21.6 Å². The van der Waals surface area contributed by atoms with Crippen LogP contribution in [-0.2, 0) is 6.54 Å². The van der Waals surface area contributed by atoms with Gasteiger partial charge < -0.3 is 14.8 Å². The van der Waals surface area contributed by atoms with Crippen molar-refractivity contribution in [2.45, 2.75) is 13.5 Å². The van der Waals surface area contributed by atoms with E-state index in [0.717, 1.165) is 11.8 Å². The van der Waals surface area contributed by atoms with Gasteiger partial charge in [-0.2, -0.15) is 0 Å². The van der Waals surface area contributed by atoms with Crippen molar-refractivity contribution in [1.82, 2.24) is 10.3 Å². The second-order valence-corrected chi connectivity index (χ2v) is 4.68. The van der Waals surface area contributed by atoms with E-state index in [0.29, 0.717) is 17.1 Å².